The van der Waals surface area contributed by atoms with Crippen LogP contribution in [-0.4, -0.2) is 12.2 Å². The molecule has 0 N–H and O–H groups in total. The summed E-state index contributed by atoms with van der Waals surface area (Å²) in [7, 11) is 0. The third kappa shape index (κ3) is 4.67. The number of benzene rings is 3. The molecule has 3 heteroatoms. The van der Waals surface area contributed by atoms with E-state index in [0.29, 0.717) is 0 Å². The zero-order valence-corrected chi connectivity index (χ0v) is 19.6. The maximum Gasteiger partial charge on any atom is 0.131 e. The monoisotopic (exact) mass is 452 g/mol. The Kier molecular flexibility index (Phi) is 6.69. The van der Waals surface area contributed by atoms with Crippen LogP contribution in [0.3, 0.4) is 0 Å². The summed E-state index contributed by atoms with van der Waals surface area (Å²) in [5.41, 5.74) is 7.01. The quantitative estimate of drug-likeness (QED) is 0.377. The molecule has 0 amide bonds. The molecule has 0 fully saturated rings. The molecular weight excluding hydrogens is 424 g/mol. The Morgan fingerprint density at radius 1 is 0.655 bits per heavy atom. The van der Waals surface area contributed by atoms with Crippen molar-refractivity contribution >= 4 is 15.9 Å². The van der Waals surface area contributed by atoms with Gasteiger partial charge in [0.1, 0.15) is 11.5 Å². The van der Waals surface area contributed by atoms with Crippen molar-refractivity contribution in [1.82, 2.24) is 0 Å². The lowest BCUT2D eigenvalue weighted by Crippen LogP contribution is -2.10. The van der Waals surface area contributed by atoms with Gasteiger partial charge in [0.05, 0.1) is 17.8 Å². The summed E-state index contributed by atoms with van der Waals surface area (Å²) in [5.74, 6) is 1.66. The number of ether oxygens (including phenoxy) is 2. The highest BCUT2D eigenvalue weighted by atomic mass is 79.9. The van der Waals surface area contributed by atoms with E-state index in [1.165, 1.54) is 22.3 Å². The Labute approximate surface area is 183 Å². The van der Waals surface area contributed by atoms with E-state index >= 15 is 0 Å². The molecule has 3 rings (SSSR count). The Hall–Kier alpha value is -2.26. The van der Waals surface area contributed by atoms with Gasteiger partial charge in [0, 0.05) is 10.0 Å². The zero-order valence-electron chi connectivity index (χ0n) is 18.0. The zero-order chi connectivity index (χ0) is 21.1. The highest BCUT2D eigenvalue weighted by Crippen LogP contribution is 2.45. The van der Waals surface area contributed by atoms with Crippen molar-refractivity contribution in [1.29, 1.82) is 0 Å². The van der Waals surface area contributed by atoms with Crippen LogP contribution in [0.1, 0.15) is 38.8 Å². The van der Waals surface area contributed by atoms with Crippen LogP contribution in [0.25, 0.3) is 22.3 Å². The van der Waals surface area contributed by atoms with Crippen LogP contribution in [0.2, 0.25) is 0 Å². The number of hydrogen-bond donors (Lipinski definition) is 0. The summed E-state index contributed by atoms with van der Waals surface area (Å²) in [6, 6.07) is 18.8. The third-order valence-corrected chi connectivity index (χ3v) is 5.73. The molecule has 0 saturated heterocycles. The Morgan fingerprint density at radius 2 is 1.14 bits per heavy atom. The maximum absolute atomic E-state index is 6.16. The molecule has 3 aromatic rings. The minimum atomic E-state index is 0.0732. The molecular formula is C26H29BrO2. The van der Waals surface area contributed by atoms with E-state index in [1.54, 1.807) is 0 Å². The summed E-state index contributed by atoms with van der Waals surface area (Å²) >= 11 is 3.90. The van der Waals surface area contributed by atoms with Gasteiger partial charge >= 0.3 is 0 Å². The van der Waals surface area contributed by atoms with Gasteiger partial charge in [-0.1, -0.05) is 42.5 Å². The Morgan fingerprint density at radius 3 is 1.72 bits per heavy atom. The summed E-state index contributed by atoms with van der Waals surface area (Å²) in [4.78, 5) is 0. The second-order valence-electron chi connectivity index (χ2n) is 7.88. The van der Waals surface area contributed by atoms with Gasteiger partial charge in [0.25, 0.3) is 0 Å². The summed E-state index contributed by atoms with van der Waals surface area (Å²) in [6.07, 6.45) is 0.146. The number of hydrogen-bond acceptors (Lipinski definition) is 2. The van der Waals surface area contributed by atoms with Crippen LogP contribution in [-0.2, 0) is 0 Å². The van der Waals surface area contributed by atoms with E-state index in [2.05, 4.69) is 66.2 Å². The first-order chi connectivity index (χ1) is 13.8. The normalized spacial score (nSPS) is 11.2. The highest BCUT2D eigenvalue weighted by Gasteiger charge is 2.20. The van der Waals surface area contributed by atoms with E-state index in [0.717, 1.165) is 27.1 Å². The predicted octanol–water partition coefficient (Wildman–Crippen LogP) is 7.97. The molecule has 152 valence electrons. The first-order valence-electron chi connectivity index (χ1n) is 10.1. The first-order valence-corrected chi connectivity index (χ1v) is 10.9. The average molecular weight is 453 g/mol. The molecule has 2 nitrogen and oxygen atoms in total. The fraction of sp³-hybridized carbons (Fsp3) is 0.308. The van der Waals surface area contributed by atoms with Gasteiger partial charge in [-0.15, -0.1) is 0 Å². The van der Waals surface area contributed by atoms with Crippen LogP contribution < -0.4 is 9.47 Å². The van der Waals surface area contributed by atoms with Gasteiger partial charge in [-0.25, -0.2) is 0 Å². The Bertz CT molecular complexity index is 977. The van der Waals surface area contributed by atoms with Crippen molar-refractivity contribution in [3.8, 4) is 33.8 Å². The van der Waals surface area contributed by atoms with Gasteiger partial charge in [-0.2, -0.15) is 0 Å². The SMILES string of the molecule is Cc1cccc(-c2cccc(-c3c(OC(C)C)cccc3OC(C)C)c2Br)c1C. The second-order valence-corrected chi connectivity index (χ2v) is 8.67. The molecule has 29 heavy (non-hydrogen) atoms. The summed E-state index contributed by atoms with van der Waals surface area (Å²) in [5, 5.41) is 0. The lowest BCUT2D eigenvalue weighted by molar-refractivity contribution is 0.231. The molecule has 0 spiro atoms. The van der Waals surface area contributed by atoms with Crippen molar-refractivity contribution < 1.29 is 9.47 Å². The van der Waals surface area contributed by atoms with Crippen molar-refractivity contribution in [3.63, 3.8) is 0 Å². The topological polar surface area (TPSA) is 18.5 Å². The van der Waals surface area contributed by atoms with Crippen LogP contribution >= 0.6 is 15.9 Å². The highest BCUT2D eigenvalue weighted by molar-refractivity contribution is 9.10. The predicted molar refractivity (Wildman–Crippen MR) is 126 cm³/mol. The molecule has 0 aliphatic carbocycles. The average Bonchev–Trinajstić information content (AvgIpc) is 2.64. The minimum Gasteiger partial charge on any atom is -0.490 e. The number of aryl methyl sites for hydroxylation is 1. The molecule has 0 saturated carbocycles. The van der Waals surface area contributed by atoms with Crippen molar-refractivity contribution in [2.24, 2.45) is 0 Å². The molecule has 0 atom stereocenters. The molecule has 0 unspecified atom stereocenters. The number of halogens is 1. The molecule has 0 aliphatic heterocycles. The van der Waals surface area contributed by atoms with E-state index in [4.69, 9.17) is 9.47 Å². The Balaban J connectivity index is 2.25. The van der Waals surface area contributed by atoms with Gasteiger partial charge < -0.3 is 9.47 Å². The molecule has 0 bridgehead atoms. The maximum atomic E-state index is 6.16. The lowest BCUT2D eigenvalue weighted by atomic mass is 9.93. The van der Waals surface area contributed by atoms with Gasteiger partial charge in [0.2, 0.25) is 0 Å². The molecule has 0 aliphatic rings. The molecule has 0 heterocycles. The third-order valence-electron chi connectivity index (χ3n) is 4.88. The van der Waals surface area contributed by atoms with Crippen molar-refractivity contribution in [3.05, 3.63) is 70.2 Å². The van der Waals surface area contributed by atoms with E-state index < -0.39 is 0 Å². The standard InChI is InChI=1S/C26H29BrO2/c1-16(2)28-23-14-9-15-24(29-17(3)4)25(23)22-13-8-12-21(26(22)27)20-11-7-10-18(5)19(20)6/h7-17H,1-6H3. The number of rotatable bonds is 6. The smallest absolute Gasteiger partial charge is 0.131 e. The van der Waals surface area contributed by atoms with E-state index in [1.807, 2.05) is 45.9 Å². The molecule has 0 aromatic heterocycles. The first kappa shape index (κ1) is 21.4. The summed E-state index contributed by atoms with van der Waals surface area (Å²) < 4.78 is 13.4. The fourth-order valence-corrected chi connectivity index (χ4v) is 4.13. The van der Waals surface area contributed by atoms with Crippen LogP contribution in [0.5, 0.6) is 11.5 Å². The van der Waals surface area contributed by atoms with E-state index in [-0.39, 0.29) is 12.2 Å². The minimum absolute atomic E-state index is 0.0732. The molecule has 0 radical (unpaired) electrons. The largest absolute Gasteiger partial charge is 0.490 e. The second kappa shape index (κ2) is 9.04. The van der Waals surface area contributed by atoms with Crippen LogP contribution in [0, 0.1) is 13.8 Å². The van der Waals surface area contributed by atoms with Gasteiger partial charge in [-0.3, -0.25) is 0 Å². The van der Waals surface area contributed by atoms with Gasteiger partial charge in [0.15, 0.2) is 0 Å². The summed E-state index contributed by atoms with van der Waals surface area (Å²) in [6.45, 7) is 12.5. The van der Waals surface area contributed by atoms with Gasteiger partial charge in [-0.05, 0) is 91.9 Å². The van der Waals surface area contributed by atoms with Crippen LogP contribution in [0.15, 0.2) is 59.1 Å². The lowest BCUT2D eigenvalue weighted by Gasteiger charge is -2.21. The van der Waals surface area contributed by atoms with Crippen molar-refractivity contribution in [2.45, 2.75) is 53.8 Å². The van der Waals surface area contributed by atoms with E-state index in [9.17, 15) is 0 Å². The fourth-order valence-electron chi connectivity index (χ4n) is 3.46. The van der Waals surface area contributed by atoms with Crippen molar-refractivity contribution in [2.75, 3.05) is 0 Å². The van der Waals surface area contributed by atoms with Crippen LogP contribution in [0.4, 0.5) is 0 Å². The molecule has 3 aromatic carbocycles.